The van der Waals surface area contributed by atoms with E-state index in [1.807, 2.05) is 13.0 Å². The summed E-state index contributed by atoms with van der Waals surface area (Å²) in [6, 6.07) is 2.00. The molecule has 0 saturated carbocycles. The molecule has 0 spiro atoms. The maximum Gasteiger partial charge on any atom is 0.237 e. The zero-order valence-corrected chi connectivity index (χ0v) is 9.26. The maximum atomic E-state index is 11.5. The summed E-state index contributed by atoms with van der Waals surface area (Å²) in [6.45, 7) is 2.98. The van der Waals surface area contributed by atoms with Crippen molar-refractivity contribution >= 4 is 5.91 Å². The Bertz CT molecular complexity index is 354. The molecular formula is C10H15N5O. The van der Waals surface area contributed by atoms with Gasteiger partial charge in [0.25, 0.3) is 0 Å². The first kappa shape index (κ1) is 12.2. The van der Waals surface area contributed by atoms with E-state index in [-0.39, 0.29) is 5.91 Å². The molecule has 1 atom stereocenters. The lowest BCUT2D eigenvalue weighted by Gasteiger charge is -2.08. The zero-order chi connectivity index (χ0) is 11.8. The third-order valence-electron chi connectivity index (χ3n) is 2.16. The lowest BCUT2D eigenvalue weighted by Crippen LogP contribution is -2.32. The van der Waals surface area contributed by atoms with E-state index in [0.717, 1.165) is 6.42 Å². The molecular weight excluding hydrogens is 206 g/mol. The first-order valence-electron chi connectivity index (χ1n) is 5.29. The highest BCUT2D eigenvalue weighted by atomic mass is 16.1. The molecule has 16 heavy (non-hydrogen) atoms. The van der Waals surface area contributed by atoms with Gasteiger partial charge in [-0.3, -0.25) is 9.48 Å². The maximum absolute atomic E-state index is 11.5. The average molecular weight is 221 g/mol. The second kappa shape index (κ2) is 6.56. The molecule has 0 saturated heterocycles. The van der Waals surface area contributed by atoms with Crippen LogP contribution in [0.3, 0.4) is 0 Å². The fourth-order valence-electron chi connectivity index (χ4n) is 1.31. The Hall–Kier alpha value is -1.90. The van der Waals surface area contributed by atoms with Gasteiger partial charge >= 0.3 is 0 Å². The summed E-state index contributed by atoms with van der Waals surface area (Å²) < 4.78 is 1.63. The Kier molecular flexibility index (Phi) is 4.99. The van der Waals surface area contributed by atoms with Crippen LogP contribution in [0.4, 0.5) is 0 Å². The molecule has 6 nitrogen and oxygen atoms in total. The Labute approximate surface area is 94.3 Å². The normalized spacial score (nSPS) is 11.8. The Balaban J connectivity index is 2.27. The Morgan fingerprint density at radius 3 is 3.06 bits per heavy atom. The lowest BCUT2D eigenvalue weighted by molar-refractivity contribution is -0.123. The molecule has 1 unspecified atom stereocenters. The first-order valence-corrected chi connectivity index (χ1v) is 5.29. The van der Waals surface area contributed by atoms with Gasteiger partial charge in [-0.2, -0.15) is 5.26 Å². The van der Waals surface area contributed by atoms with Crippen molar-refractivity contribution in [3.05, 3.63) is 12.4 Å². The molecule has 0 aromatic carbocycles. The number of nitrogens with one attached hydrogen (secondary N) is 1. The van der Waals surface area contributed by atoms with E-state index in [1.54, 1.807) is 17.1 Å². The van der Waals surface area contributed by atoms with Gasteiger partial charge in [0.1, 0.15) is 5.92 Å². The van der Waals surface area contributed by atoms with Gasteiger partial charge in [0.15, 0.2) is 0 Å². The molecule has 0 radical (unpaired) electrons. The second-order valence-corrected chi connectivity index (χ2v) is 3.43. The van der Waals surface area contributed by atoms with Crippen molar-refractivity contribution in [2.45, 2.75) is 26.3 Å². The number of carbonyl (C=O) groups excluding carboxylic acids is 1. The summed E-state index contributed by atoms with van der Waals surface area (Å²) in [6.07, 6.45) is 4.73. The van der Waals surface area contributed by atoms with Gasteiger partial charge in [-0.15, -0.1) is 5.10 Å². The Morgan fingerprint density at radius 1 is 1.69 bits per heavy atom. The van der Waals surface area contributed by atoms with E-state index < -0.39 is 5.92 Å². The van der Waals surface area contributed by atoms with Crippen LogP contribution in [-0.2, 0) is 11.3 Å². The van der Waals surface area contributed by atoms with E-state index in [4.69, 9.17) is 5.26 Å². The number of carbonyl (C=O) groups is 1. The van der Waals surface area contributed by atoms with Crippen molar-refractivity contribution in [2.24, 2.45) is 5.92 Å². The summed E-state index contributed by atoms with van der Waals surface area (Å²) in [7, 11) is 0. The standard InChI is InChI=1S/C10H15N5O/c1-2-3-9(8-11)10(16)12-4-6-15-7-5-13-14-15/h5,7,9H,2-4,6H2,1H3,(H,12,16). The minimum Gasteiger partial charge on any atom is -0.353 e. The van der Waals surface area contributed by atoms with Crippen LogP contribution in [0.2, 0.25) is 0 Å². The number of hydrogen-bond acceptors (Lipinski definition) is 4. The highest BCUT2D eigenvalue weighted by Crippen LogP contribution is 2.04. The van der Waals surface area contributed by atoms with E-state index >= 15 is 0 Å². The lowest BCUT2D eigenvalue weighted by atomic mass is 10.1. The van der Waals surface area contributed by atoms with E-state index in [9.17, 15) is 4.79 Å². The minimum absolute atomic E-state index is 0.204. The topological polar surface area (TPSA) is 83.6 Å². The van der Waals surface area contributed by atoms with Crippen molar-refractivity contribution in [1.82, 2.24) is 20.3 Å². The van der Waals surface area contributed by atoms with Crippen LogP contribution in [0.5, 0.6) is 0 Å². The van der Waals surface area contributed by atoms with Crippen LogP contribution < -0.4 is 5.32 Å². The fourth-order valence-corrected chi connectivity index (χ4v) is 1.31. The van der Waals surface area contributed by atoms with E-state index in [2.05, 4.69) is 15.6 Å². The number of amides is 1. The molecule has 1 N–H and O–H groups in total. The molecule has 1 rings (SSSR count). The smallest absolute Gasteiger partial charge is 0.237 e. The van der Waals surface area contributed by atoms with Crippen molar-refractivity contribution in [2.75, 3.05) is 6.54 Å². The molecule has 0 aliphatic carbocycles. The van der Waals surface area contributed by atoms with Crippen molar-refractivity contribution in [3.63, 3.8) is 0 Å². The van der Waals surface area contributed by atoms with Crippen LogP contribution in [0.25, 0.3) is 0 Å². The predicted octanol–water partition coefficient (Wildman–Crippen LogP) is 0.334. The first-order chi connectivity index (χ1) is 7.77. The van der Waals surface area contributed by atoms with Crippen LogP contribution in [0, 0.1) is 17.2 Å². The number of hydrogen-bond donors (Lipinski definition) is 1. The molecule has 1 aromatic rings. The summed E-state index contributed by atoms with van der Waals surface area (Å²) in [4.78, 5) is 11.5. The second-order valence-electron chi connectivity index (χ2n) is 3.43. The third kappa shape index (κ3) is 3.69. The molecule has 1 aromatic heterocycles. The van der Waals surface area contributed by atoms with Gasteiger partial charge in [-0.25, -0.2) is 0 Å². The van der Waals surface area contributed by atoms with Gasteiger partial charge in [0, 0.05) is 12.7 Å². The van der Waals surface area contributed by atoms with Crippen LogP contribution >= 0.6 is 0 Å². The molecule has 1 amide bonds. The molecule has 0 aliphatic rings. The number of rotatable bonds is 6. The fraction of sp³-hybridized carbons (Fsp3) is 0.600. The van der Waals surface area contributed by atoms with Gasteiger partial charge in [-0.1, -0.05) is 18.6 Å². The molecule has 86 valence electrons. The van der Waals surface area contributed by atoms with E-state index in [0.29, 0.717) is 19.5 Å². The molecule has 0 fully saturated rings. The summed E-state index contributed by atoms with van der Waals surface area (Å²) >= 11 is 0. The van der Waals surface area contributed by atoms with Crippen LogP contribution in [0.15, 0.2) is 12.4 Å². The summed E-state index contributed by atoms with van der Waals surface area (Å²) in [5.41, 5.74) is 0. The van der Waals surface area contributed by atoms with Gasteiger partial charge < -0.3 is 5.32 Å². The van der Waals surface area contributed by atoms with Gasteiger partial charge in [-0.05, 0) is 6.42 Å². The summed E-state index contributed by atoms with van der Waals surface area (Å²) in [5, 5.41) is 18.9. The number of nitrogens with zero attached hydrogens (tertiary/aromatic N) is 4. The zero-order valence-electron chi connectivity index (χ0n) is 9.26. The average Bonchev–Trinajstić information content (AvgIpc) is 2.78. The predicted molar refractivity (Wildman–Crippen MR) is 57.0 cm³/mol. The van der Waals surface area contributed by atoms with Gasteiger partial charge in [0.2, 0.25) is 5.91 Å². The molecule has 0 bridgehead atoms. The largest absolute Gasteiger partial charge is 0.353 e. The van der Waals surface area contributed by atoms with Crippen LogP contribution in [-0.4, -0.2) is 27.4 Å². The number of aromatic nitrogens is 3. The van der Waals surface area contributed by atoms with Gasteiger partial charge in [0.05, 0.1) is 18.8 Å². The minimum atomic E-state index is -0.541. The molecule has 1 heterocycles. The molecule has 6 heteroatoms. The van der Waals surface area contributed by atoms with Crippen molar-refractivity contribution in [1.29, 1.82) is 5.26 Å². The van der Waals surface area contributed by atoms with E-state index in [1.165, 1.54) is 0 Å². The van der Waals surface area contributed by atoms with Crippen molar-refractivity contribution < 1.29 is 4.79 Å². The molecule has 0 aliphatic heterocycles. The van der Waals surface area contributed by atoms with Crippen LogP contribution in [0.1, 0.15) is 19.8 Å². The SMILES string of the molecule is CCCC(C#N)C(=O)NCCn1ccnn1. The highest BCUT2D eigenvalue weighted by molar-refractivity contribution is 5.80. The highest BCUT2D eigenvalue weighted by Gasteiger charge is 2.15. The van der Waals surface area contributed by atoms with Crippen molar-refractivity contribution in [3.8, 4) is 6.07 Å². The quantitative estimate of drug-likeness (QED) is 0.750. The monoisotopic (exact) mass is 221 g/mol. The number of nitriles is 1. The summed E-state index contributed by atoms with van der Waals surface area (Å²) in [5.74, 6) is -0.745. The third-order valence-corrected chi connectivity index (χ3v) is 2.16. The Morgan fingerprint density at radius 2 is 2.50 bits per heavy atom.